The molecule has 26 heavy (non-hydrogen) atoms. The van der Waals surface area contributed by atoms with Crippen molar-refractivity contribution in [1.82, 2.24) is 5.43 Å². The Labute approximate surface area is 150 Å². The molecular formula is C20H20N3O3+. The molecule has 1 aromatic heterocycles. The van der Waals surface area contributed by atoms with Crippen molar-refractivity contribution >= 4 is 23.1 Å². The van der Waals surface area contributed by atoms with E-state index in [1.54, 1.807) is 12.1 Å². The monoisotopic (exact) mass is 350 g/mol. The second-order valence-corrected chi connectivity index (χ2v) is 6.14. The summed E-state index contributed by atoms with van der Waals surface area (Å²) in [4.78, 5) is 24.5. The van der Waals surface area contributed by atoms with Crippen LogP contribution in [0.5, 0.6) is 0 Å². The molecule has 0 aliphatic rings. The summed E-state index contributed by atoms with van der Waals surface area (Å²) in [7, 11) is 0. The van der Waals surface area contributed by atoms with Crippen molar-refractivity contribution in [3.63, 3.8) is 0 Å². The van der Waals surface area contributed by atoms with Crippen LogP contribution in [0.2, 0.25) is 0 Å². The van der Waals surface area contributed by atoms with Crippen molar-refractivity contribution in [3.8, 4) is 0 Å². The van der Waals surface area contributed by atoms with Crippen LogP contribution in [0.25, 0.3) is 11.0 Å². The van der Waals surface area contributed by atoms with Gasteiger partial charge in [0, 0.05) is 6.42 Å². The van der Waals surface area contributed by atoms with Crippen molar-refractivity contribution in [1.29, 1.82) is 0 Å². The summed E-state index contributed by atoms with van der Waals surface area (Å²) in [5.41, 5.74) is 8.87. The van der Waals surface area contributed by atoms with E-state index in [1.807, 2.05) is 43.3 Å². The summed E-state index contributed by atoms with van der Waals surface area (Å²) in [5, 5.41) is 4.36. The highest BCUT2D eigenvalue weighted by Gasteiger charge is 2.17. The molecule has 6 heteroatoms. The normalized spacial score (nSPS) is 12.4. The number of hydrogen-bond donors (Lipinski definition) is 2. The Bertz CT molecular complexity index is 1010. The number of amides is 1. The van der Waals surface area contributed by atoms with E-state index in [4.69, 9.17) is 4.42 Å². The van der Waals surface area contributed by atoms with Gasteiger partial charge in [0.25, 0.3) is 5.91 Å². The van der Waals surface area contributed by atoms with Crippen molar-refractivity contribution < 1.29 is 14.9 Å². The molecule has 1 heterocycles. The lowest BCUT2D eigenvalue weighted by Gasteiger charge is -2.06. The number of rotatable bonds is 5. The first-order chi connectivity index (χ1) is 12.5. The van der Waals surface area contributed by atoms with E-state index >= 15 is 0 Å². The summed E-state index contributed by atoms with van der Waals surface area (Å²) in [6.45, 7) is 1.90. The van der Waals surface area contributed by atoms with Crippen LogP contribution in [0.3, 0.4) is 0 Å². The van der Waals surface area contributed by atoms with Gasteiger partial charge in [-0.1, -0.05) is 42.0 Å². The SMILES string of the molecule is Cc1ccc2occ(C=NNC(=O)C([NH3+])Cc3ccccc3)c(=O)c2c1. The molecule has 1 unspecified atom stereocenters. The average Bonchev–Trinajstić information content (AvgIpc) is 2.64. The maximum Gasteiger partial charge on any atom is 0.298 e. The summed E-state index contributed by atoms with van der Waals surface area (Å²) >= 11 is 0. The predicted octanol–water partition coefficient (Wildman–Crippen LogP) is 1.40. The number of quaternary nitrogens is 1. The van der Waals surface area contributed by atoms with E-state index in [-0.39, 0.29) is 16.9 Å². The van der Waals surface area contributed by atoms with E-state index in [9.17, 15) is 9.59 Å². The number of carbonyl (C=O) groups excluding carboxylic acids is 1. The molecule has 0 saturated heterocycles. The molecule has 3 aromatic rings. The van der Waals surface area contributed by atoms with Gasteiger partial charge in [-0.25, -0.2) is 5.43 Å². The molecule has 0 aliphatic carbocycles. The zero-order valence-electron chi connectivity index (χ0n) is 14.4. The van der Waals surface area contributed by atoms with Gasteiger partial charge >= 0.3 is 0 Å². The van der Waals surface area contributed by atoms with Crippen LogP contribution in [-0.4, -0.2) is 18.2 Å². The topological polar surface area (TPSA) is 99.3 Å². The average molecular weight is 350 g/mol. The Kier molecular flexibility index (Phi) is 5.24. The molecule has 3 rings (SSSR count). The van der Waals surface area contributed by atoms with Gasteiger partial charge in [-0.2, -0.15) is 5.10 Å². The van der Waals surface area contributed by atoms with Crippen LogP contribution < -0.4 is 16.6 Å². The fraction of sp³-hybridized carbons (Fsp3) is 0.150. The highest BCUT2D eigenvalue weighted by molar-refractivity contribution is 5.88. The quantitative estimate of drug-likeness (QED) is 0.537. The third-order valence-electron chi connectivity index (χ3n) is 4.03. The number of fused-ring (bicyclic) bond motifs is 1. The van der Waals surface area contributed by atoms with E-state index in [0.717, 1.165) is 11.1 Å². The molecule has 2 aromatic carbocycles. The van der Waals surface area contributed by atoms with Crippen molar-refractivity contribution in [2.24, 2.45) is 5.10 Å². The fourth-order valence-electron chi connectivity index (χ4n) is 2.60. The van der Waals surface area contributed by atoms with Crippen LogP contribution >= 0.6 is 0 Å². The van der Waals surface area contributed by atoms with E-state index in [1.165, 1.54) is 12.5 Å². The number of nitrogens with one attached hydrogen (secondary N) is 1. The molecule has 0 fully saturated rings. The smallest absolute Gasteiger partial charge is 0.298 e. The number of hydrazone groups is 1. The third kappa shape index (κ3) is 4.04. The van der Waals surface area contributed by atoms with Gasteiger partial charge in [0.1, 0.15) is 11.8 Å². The molecule has 6 nitrogen and oxygen atoms in total. The van der Waals surface area contributed by atoms with E-state index in [2.05, 4.69) is 16.3 Å². The third-order valence-corrected chi connectivity index (χ3v) is 4.03. The van der Waals surface area contributed by atoms with Gasteiger partial charge in [0.15, 0.2) is 6.04 Å². The minimum absolute atomic E-state index is 0.191. The molecule has 0 aliphatic heterocycles. The summed E-state index contributed by atoms with van der Waals surface area (Å²) in [6.07, 6.45) is 3.14. The lowest BCUT2D eigenvalue weighted by atomic mass is 10.1. The minimum atomic E-state index is -0.481. The summed E-state index contributed by atoms with van der Waals surface area (Å²) < 4.78 is 5.45. The zero-order valence-corrected chi connectivity index (χ0v) is 14.4. The maximum absolute atomic E-state index is 12.5. The second-order valence-electron chi connectivity index (χ2n) is 6.14. The Morgan fingerprint density at radius 1 is 1.27 bits per heavy atom. The Balaban J connectivity index is 1.68. The van der Waals surface area contributed by atoms with Gasteiger partial charge in [-0.3, -0.25) is 9.59 Å². The summed E-state index contributed by atoms with van der Waals surface area (Å²) in [5.74, 6) is -0.314. The molecular weight excluding hydrogens is 330 g/mol. The van der Waals surface area contributed by atoms with E-state index < -0.39 is 6.04 Å². The minimum Gasteiger partial charge on any atom is -0.463 e. The largest absolute Gasteiger partial charge is 0.463 e. The number of aryl methyl sites for hydroxylation is 1. The molecule has 1 amide bonds. The standard InChI is InChI=1S/C20H19N3O3/c1-13-7-8-18-16(9-13)19(24)15(12-26-18)11-22-23-20(25)17(21)10-14-5-3-2-4-6-14/h2-9,11-12,17H,10,21H2,1H3,(H,23,25)/p+1. The highest BCUT2D eigenvalue weighted by Crippen LogP contribution is 2.12. The van der Waals surface area contributed by atoms with Crippen molar-refractivity contribution in [2.45, 2.75) is 19.4 Å². The van der Waals surface area contributed by atoms with Crippen LogP contribution in [0.1, 0.15) is 16.7 Å². The Morgan fingerprint density at radius 3 is 2.81 bits per heavy atom. The second kappa shape index (κ2) is 7.76. The van der Waals surface area contributed by atoms with Gasteiger partial charge in [0.05, 0.1) is 17.2 Å². The van der Waals surface area contributed by atoms with Crippen LogP contribution in [0.15, 0.2) is 69.1 Å². The highest BCUT2D eigenvalue weighted by atomic mass is 16.3. The zero-order chi connectivity index (χ0) is 18.5. The van der Waals surface area contributed by atoms with Gasteiger partial charge < -0.3 is 10.2 Å². The van der Waals surface area contributed by atoms with Crippen molar-refractivity contribution in [2.75, 3.05) is 0 Å². The number of hydrogen-bond acceptors (Lipinski definition) is 4. The Hall–Kier alpha value is -3.25. The number of nitrogens with zero attached hydrogens (tertiary/aromatic N) is 1. The maximum atomic E-state index is 12.5. The molecule has 0 bridgehead atoms. The molecule has 4 N–H and O–H groups in total. The molecule has 0 radical (unpaired) electrons. The summed E-state index contributed by atoms with van der Waals surface area (Å²) in [6, 6.07) is 14.5. The van der Waals surface area contributed by atoms with E-state index in [0.29, 0.717) is 17.4 Å². The van der Waals surface area contributed by atoms with Gasteiger partial charge in [0.2, 0.25) is 5.43 Å². The van der Waals surface area contributed by atoms with Gasteiger partial charge in [-0.15, -0.1) is 0 Å². The predicted molar refractivity (Wildman–Crippen MR) is 99.8 cm³/mol. The van der Waals surface area contributed by atoms with Crippen molar-refractivity contribution in [3.05, 3.63) is 81.7 Å². The Morgan fingerprint density at radius 2 is 2.04 bits per heavy atom. The fourth-order valence-corrected chi connectivity index (χ4v) is 2.60. The first-order valence-electron chi connectivity index (χ1n) is 8.26. The molecule has 0 saturated carbocycles. The lowest BCUT2D eigenvalue weighted by molar-refractivity contribution is -0.403. The first-order valence-corrected chi connectivity index (χ1v) is 8.26. The molecule has 1 atom stereocenters. The van der Waals surface area contributed by atoms with Crippen LogP contribution in [0.4, 0.5) is 0 Å². The first kappa shape index (κ1) is 17.6. The molecule has 132 valence electrons. The van der Waals surface area contributed by atoms with Crippen LogP contribution in [0, 0.1) is 6.92 Å². The van der Waals surface area contributed by atoms with Gasteiger partial charge in [-0.05, 0) is 24.6 Å². The number of benzene rings is 2. The number of carbonyl (C=O) groups is 1. The molecule has 0 spiro atoms. The van der Waals surface area contributed by atoms with Crippen LogP contribution in [-0.2, 0) is 11.2 Å². The lowest BCUT2D eigenvalue weighted by Crippen LogP contribution is -2.68.